The average Bonchev–Trinajstić information content (AvgIpc) is 2.29. The molecule has 0 spiro atoms. The minimum atomic E-state index is -0.820. The summed E-state index contributed by atoms with van der Waals surface area (Å²) in [5.74, 6) is -1.13. The Bertz CT molecular complexity index is 288. The molecule has 5 heteroatoms. The van der Waals surface area contributed by atoms with Crippen LogP contribution in [0.5, 0.6) is 0 Å². The first-order valence-corrected chi connectivity index (χ1v) is 6.03. The third kappa shape index (κ3) is 3.43. The van der Waals surface area contributed by atoms with Crippen molar-refractivity contribution in [1.82, 2.24) is 4.90 Å². The molecule has 0 radical (unpaired) electrons. The lowest BCUT2D eigenvalue weighted by Crippen LogP contribution is -2.49. The molecule has 1 heterocycles. The van der Waals surface area contributed by atoms with Crippen LogP contribution in [0.3, 0.4) is 0 Å². The fourth-order valence-electron chi connectivity index (χ4n) is 2.36. The number of amides is 1. The summed E-state index contributed by atoms with van der Waals surface area (Å²) >= 11 is 0. The van der Waals surface area contributed by atoms with Gasteiger partial charge in [0.2, 0.25) is 0 Å². The van der Waals surface area contributed by atoms with Gasteiger partial charge in [-0.1, -0.05) is 13.8 Å². The van der Waals surface area contributed by atoms with Crippen LogP contribution in [-0.4, -0.2) is 48.2 Å². The van der Waals surface area contributed by atoms with Gasteiger partial charge in [0.05, 0.1) is 5.92 Å². The van der Waals surface area contributed by atoms with E-state index in [0.29, 0.717) is 25.9 Å². The zero-order chi connectivity index (χ0) is 13.0. The number of carbonyl (C=O) groups excluding carboxylic acids is 1. The fraction of sp³-hybridized carbons (Fsp3) is 0.833. The zero-order valence-corrected chi connectivity index (χ0v) is 10.7. The maximum absolute atomic E-state index is 12.1. The summed E-state index contributed by atoms with van der Waals surface area (Å²) in [4.78, 5) is 24.7. The molecule has 1 fully saturated rings. The molecule has 0 aromatic rings. The highest BCUT2D eigenvalue weighted by molar-refractivity contribution is 5.82. The molecule has 1 aliphatic rings. The van der Waals surface area contributed by atoms with Crippen molar-refractivity contribution in [3.8, 4) is 0 Å². The van der Waals surface area contributed by atoms with Crippen molar-refractivity contribution < 1.29 is 19.4 Å². The summed E-state index contributed by atoms with van der Waals surface area (Å²) < 4.78 is 5.11. The van der Waals surface area contributed by atoms with Crippen molar-refractivity contribution >= 4 is 11.9 Å². The van der Waals surface area contributed by atoms with Crippen LogP contribution in [0.2, 0.25) is 0 Å². The van der Waals surface area contributed by atoms with Crippen molar-refractivity contribution in [2.24, 2.45) is 11.8 Å². The molecule has 0 aromatic heterocycles. The second-order valence-electron chi connectivity index (χ2n) is 4.75. The van der Waals surface area contributed by atoms with E-state index in [0.717, 1.165) is 0 Å². The third-order valence-electron chi connectivity index (χ3n) is 3.25. The number of piperidine rings is 1. The predicted octanol–water partition coefficient (Wildman–Crippen LogP) is 0.981. The van der Waals surface area contributed by atoms with Crippen LogP contribution in [0.4, 0.5) is 0 Å². The lowest BCUT2D eigenvalue weighted by molar-refractivity contribution is -0.151. The number of carboxylic acid groups (broad SMARTS) is 1. The van der Waals surface area contributed by atoms with E-state index in [1.165, 1.54) is 7.11 Å². The molecule has 1 rings (SSSR count). The van der Waals surface area contributed by atoms with Gasteiger partial charge in [-0.25, -0.2) is 0 Å². The number of ether oxygens (including phenoxy) is 1. The monoisotopic (exact) mass is 243 g/mol. The van der Waals surface area contributed by atoms with Gasteiger partial charge in [-0.05, 0) is 18.8 Å². The van der Waals surface area contributed by atoms with E-state index in [9.17, 15) is 9.59 Å². The molecular formula is C12H21NO4. The molecule has 1 N–H and O–H groups in total. The topological polar surface area (TPSA) is 66.8 Å². The van der Waals surface area contributed by atoms with Gasteiger partial charge in [-0.3, -0.25) is 9.59 Å². The number of likely N-dealkylation sites (tertiary alicyclic amines) is 1. The SMILES string of the molecule is CCC(OC)C(=O)N1CC(C)CC(C(=O)O)C1. The lowest BCUT2D eigenvalue weighted by Gasteiger charge is -2.36. The van der Waals surface area contributed by atoms with Crippen LogP contribution in [0.25, 0.3) is 0 Å². The summed E-state index contributed by atoms with van der Waals surface area (Å²) in [6.07, 6.45) is 0.802. The molecule has 3 unspecified atom stereocenters. The summed E-state index contributed by atoms with van der Waals surface area (Å²) in [7, 11) is 1.51. The first kappa shape index (κ1) is 14.0. The van der Waals surface area contributed by atoms with Gasteiger partial charge in [0.1, 0.15) is 6.10 Å². The number of hydrogen-bond acceptors (Lipinski definition) is 3. The number of carbonyl (C=O) groups is 2. The number of hydrogen-bond donors (Lipinski definition) is 1. The smallest absolute Gasteiger partial charge is 0.308 e. The lowest BCUT2D eigenvalue weighted by atomic mass is 9.90. The van der Waals surface area contributed by atoms with Gasteiger partial charge in [0.15, 0.2) is 0 Å². The molecule has 1 amide bonds. The maximum atomic E-state index is 12.1. The van der Waals surface area contributed by atoms with Gasteiger partial charge < -0.3 is 14.7 Å². The minimum Gasteiger partial charge on any atom is -0.481 e. The van der Waals surface area contributed by atoms with E-state index in [4.69, 9.17) is 9.84 Å². The van der Waals surface area contributed by atoms with E-state index in [1.54, 1.807) is 4.90 Å². The minimum absolute atomic E-state index is 0.0900. The molecule has 0 bridgehead atoms. The zero-order valence-electron chi connectivity index (χ0n) is 10.7. The van der Waals surface area contributed by atoms with E-state index >= 15 is 0 Å². The van der Waals surface area contributed by atoms with Crippen LogP contribution in [0, 0.1) is 11.8 Å². The van der Waals surface area contributed by atoms with Gasteiger partial charge in [-0.15, -0.1) is 0 Å². The second kappa shape index (κ2) is 6.00. The number of rotatable bonds is 4. The number of methoxy groups -OCH3 is 1. The Balaban J connectivity index is 2.69. The molecule has 3 atom stereocenters. The van der Waals surface area contributed by atoms with Crippen molar-refractivity contribution in [1.29, 1.82) is 0 Å². The summed E-state index contributed by atoms with van der Waals surface area (Å²) in [6.45, 7) is 4.79. The maximum Gasteiger partial charge on any atom is 0.308 e. The van der Waals surface area contributed by atoms with E-state index in [1.807, 2.05) is 13.8 Å². The second-order valence-corrected chi connectivity index (χ2v) is 4.75. The van der Waals surface area contributed by atoms with Crippen molar-refractivity contribution in [3.05, 3.63) is 0 Å². The average molecular weight is 243 g/mol. The normalized spacial score (nSPS) is 26.6. The standard InChI is InChI=1S/C12H21NO4/c1-4-10(17-3)11(14)13-6-8(2)5-9(7-13)12(15)16/h8-10H,4-7H2,1-3H3,(H,15,16). The molecule has 98 valence electrons. The van der Waals surface area contributed by atoms with Gasteiger partial charge in [0, 0.05) is 20.2 Å². The highest BCUT2D eigenvalue weighted by Gasteiger charge is 2.34. The largest absolute Gasteiger partial charge is 0.481 e. The number of carboxylic acids is 1. The highest BCUT2D eigenvalue weighted by Crippen LogP contribution is 2.22. The van der Waals surface area contributed by atoms with Crippen molar-refractivity contribution in [2.45, 2.75) is 32.8 Å². The summed E-state index contributed by atoms with van der Waals surface area (Å²) in [6, 6.07) is 0. The quantitative estimate of drug-likeness (QED) is 0.799. The highest BCUT2D eigenvalue weighted by atomic mass is 16.5. The first-order chi connectivity index (χ1) is 7.99. The van der Waals surface area contributed by atoms with Crippen LogP contribution in [0.1, 0.15) is 26.7 Å². The fourth-order valence-corrected chi connectivity index (χ4v) is 2.36. The van der Waals surface area contributed by atoms with Crippen LogP contribution in [-0.2, 0) is 14.3 Å². The summed E-state index contributed by atoms with van der Waals surface area (Å²) in [5.41, 5.74) is 0. The van der Waals surface area contributed by atoms with E-state index < -0.39 is 18.0 Å². The Kier molecular flexibility index (Phi) is 4.93. The molecule has 0 saturated carbocycles. The number of aliphatic carboxylic acids is 1. The van der Waals surface area contributed by atoms with Gasteiger partial charge in [-0.2, -0.15) is 0 Å². The third-order valence-corrected chi connectivity index (χ3v) is 3.25. The van der Waals surface area contributed by atoms with Crippen LogP contribution < -0.4 is 0 Å². The Morgan fingerprint density at radius 2 is 2.12 bits per heavy atom. The molecule has 1 aliphatic heterocycles. The Morgan fingerprint density at radius 1 is 1.47 bits per heavy atom. The van der Waals surface area contributed by atoms with E-state index in [2.05, 4.69) is 0 Å². The Labute approximate surface area is 102 Å². The summed E-state index contributed by atoms with van der Waals surface area (Å²) in [5, 5.41) is 9.04. The van der Waals surface area contributed by atoms with Crippen LogP contribution >= 0.6 is 0 Å². The predicted molar refractivity (Wildman–Crippen MR) is 62.6 cm³/mol. The molecular weight excluding hydrogens is 222 g/mol. The molecule has 0 aromatic carbocycles. The molecule has 1 saturated heterocycles. The van der Waals surface area contributed by atoms with Crippen LogP contribution in [0.15, 0.2) is 0 Å². The van der Waals surface area contributed by atoms with Gasteiger partial charge in [0.25, 0.3) is 5.91 Å². The Morgan fingerprint density at radius 3 is 2.59 bits per heavy atom. The first-order valence-electron chi connectivity index (χ1n) is 6.03. The molecule has 17 heavy (non-hydrogen) atoms. The molecule has 5 nitrogen and oxygen atoms in total. The Hall–Kier alpha value is -1.10. The van der Waals surface area contributed by atoms with Crippen molar-refractivity contribution in [2.75, 3.05) is 20.2 Å². The number of nitrogens with zero attached hydrogens (tertiary/aromatic N) is 1. The van der Waals surface area contributed by atoms with E-state index in [-0.39, 0.29) is 11.8 Å². The molecule has 0 aliphatic carbocycles. The van der Waals surface area contributed by atoms with Crippen molar-refractivity contribution in [3.63, 3.8) is 0 Å². The van der Waals surface area contributed by atoms with Gasteiger partial charge >= 0.3 is 5.97 Å².